The van der Waals surface area contributed by atoms with Crippen LogP contribution in [0.4, 0.5) is 0 Å². The van der Waals surface area contributed by atoms with Crippen LogP contribution in [0.5, 0.6) is 11.5 Å². The van der Waals surface area contributed by atoms with Crippen molar-refractivity contribution in [2.24, 2.45) is 4.99 Å². The van der Waals surface area contributed by atoms with Crippen molar-refractivity contribution in [3.8, 4) is 11.5 Å². The number of hydrogen-bond acceptors (Lipinski definition) is 4. The molecule has 6 rings (SSSR count). The SMILES string of the molecule is CC(C)(C)c1cc([C@@H]2c3ccccc3O[C@H](c3ccccc3)[C@]23SC(c2ccccc2)=NC3=O)cc(C(C)(C)C)c1O. The number of phenols is 1. The van der Waals surface area contributed by atoms with E-state index in [2.05, 4.69) is 59.7 Å². The van der Waals surface area contributed by atoms with Gasteiger partial charge in [-0.3, -0.25) is 4.79 Å². The first-order valence-electron chi connectivity index (χ1n) is 14.5. The molecule has 0 fully saturated rings. The fourth-order valence-corrected chi connectivity index (χ4v) is 7.73. The Hall–Kier alpha value is -3.83. The van der Waals surface area contributed by atoms with Gasteiger partial charge in [-0.25, -0.2) is 4.99 Å². The predicted octanol–water partition coefficient (Wildman–Crippen LogP) is 8.71. The first-order chi connectivity index (χ1) is 19.9. The fraction of sp³-hybridized carbons (Fsp3) is 0.297. The van der Waals surface area contributed by atoms with Crippen LogP contribution in [0.15, 0.2) is 102 Å². The van der Waals surface area contributed by atoms with Crippen LogP contribution in [0.2, 0.25) is 0 Å². The minimum atomic E-state index is -1.11. The largest absolute Gasteiger partial charge is 0.507 e. The van der Waals surface area contributed by atoms with E-state index in [-0.39, 0.29) is 16.7 Å². The summed E-state index contributed by atoms with van der Waals surface area (Å²) in [6.07, 6.45) is -0.592. The molecule has 0 aliphatic carbocycles. The number of nitrogens with zero attached hydrogens (tertiary/aromatic N) is 1. The van der Waals surface area contributed by atoms with Crippen LogP contribution in [-0.2, 0) is 15.6 Å². The Bertz CT molecular complexity index is 1650. The summed E-state index contributed by atoms with van der Waals surface area (Å²) >= 11 is 1.51. The first-order valence-corrected chi connectivity index (χ1v) is 15.3. The summed E-state index contributed by atoms with van der Waals surface area (Å²) in [5.41, 5.74) is 4.83. The van der Waals surface area contributed by atoms with Crippen molar-refractivity contribution in [1.29, 1.82) is 0 Å². The lowest BCUT2D eigenvalue weighted by Gasteiger charge is -2.46. The van der Waals surface area contributed by atoms with Gasteiger partial charge in [0, 0.05) is 17.0 Å². The van der Waals surface area contributed by atoms with E-state index >= 15 is 0 Å². The maximum Gasteiger partial charge on any atom is 0.268 e. The van der Waals surface area contributed by atoms with Gasteiger partial charge in [0.2, 0.25) is 0 Å². The smallest absolute Gasteiger partial charge is 0.268 e. The van der Waals surface area contributed by atoms with E-state index in [1.807, 2.05) is 78.9 Å². The van der Waals surface area contributed by atoms with Crippen LogP contribution in [-0.4, -0.2) is 20.8 Å². The molecule has 4 nitrogen and oxygen atoms in total. The van der Waals surface area contributed by atoms with E-state index in [4.69, 9.17) is 9.73 Å². The zero-order valence-electron chi connectivity index (χ0n) is 25.0. The minimum absolute atomic E-state index is 0.206. The molecule has 0 saturated heterocycles. The molecule has 0 unspecified atom stereocenters. The number of benzene rings is 4. The summed E-state index contributed by atoms with van der Waals surface area (Å²) < 4.78 is 5.71. The minimum Gasteiger partial charge on any atom is -0.507 e. The lowest BCUT2D eigenvalue weighted by Crippen LogP contribution is -2.49. The summed E-state index contributed by atoms with van der Waals surface area (Å²) in [5, 5.41) is 12.3. The Morgan fingerprint density at radius 3 is 1.90 bits per heavy atom. The Kier molecular flexibility index (Phi) is 6.85. The van der Waals surface area contributed by atoms with Gasteiger partial charge in [0.05, 0.1) is 0 Å². The third kappa shape index (κ3) is 4.64. The number of thioether (sulfide) groups is 1. The molecule has 0 radical (unpaired) electrons. The standard InChI is InChI=1S/C37H37NO3S/c1-35(2,3)27-21-25(22-28(31(27)39)36(4,5)6)30-26-19-13-14-20-29(26)41-32(23-15-9-7-10-16-23)37(30)34(40)38-33(42-37)24-17-11-8-12-18-24/h7-22,30,32,39H,1-6H3/t30-,32-,37-/m1/s1. The maximum absolute atomic E-state index is 14.6. The lowest BCUT2D eigenvalue weighted by molar-refractivity contribution is -0.123. The van der Waals surface area contributed by atoms with Crippen LogP contribution in [0.1, 0.15) is 86.9 Å². The number of aromatic hydroxyl groups is 1. The van der Waals surface area contributed by atoms with Gasteiger partial charge in [-0.15, -0.1) is 0 Å². The van der Waals surface area contributed by atoms with Gasteiger partial charge in [0.15, 0.2) is 4.75 Å². The zero-order chi connectivity index (χ0) is 29.9. The number of amides is 1. The molecule has 4 aromatic carbocycles. The molecule has 1 amide bonds. The Labute approximate surface area is 252 Å². The van der Waals surface area contributed by atoms with Gasteiger partial charge in [-0.05, 0) is 39.2 Å². The maximum atomic E-state index is 14.6. The van der Waals surface area contributed by atoms with Crippen LogP contribution >= 0.6 is 11.8 Å². The van der Waals surface area contributed by atoms with Gasteiger partial charge in [-0.1, -0.05) is 144 Å². The van der Waals surface area contributed by atoms with Crippen LogP contribution in [0.3, 0.4) is 0 Å². The monoisotopic (exact) mass is 575 g/mol. The summed E-state index contributed by atoms with van der Waals surface area (Å²) in [5.74, 6) is 0.478. The number of carbonyl (C=O) groups is 1. The van der Waals surface area contributed by atoms with E-state index in [9.17, 15) is 9.90 Å². The zero-order valence-corrected chi connectivity index (χ0v) is 25.8. The van der Waals surface area contributed by atoms with Crippen LogP contribution < -0.4 is 4.74 Å². The molecule has 2 aliphatic rings. The Balaban J connectivity index is 1.67. The van der Waals surface area contributed by atoms with Crippen molar-refractivity contribution in [1.82, 2.24) is 0 Å². The van der Waals surface area contributed by atoms with E-state index in [1.54, 1.807) is 0 Å². The van der Waals surface area contributed by atoms with Gasteiger partial charge >= 0.3 is 0 Å². The van der Waals surface area contributed by atoms with E-state index < -0.39 is 16.8 Å². The molecular formula is C37H37NO3S. The Morgan fingerprint density at radius 2 is 1.31 bits per heavy atom. The lowest BCUT2D eigenvalue weighted by atomic mass is 9.70. The number of fused-ring (bicyclic) bond motifs is 1. The van der Waals surface area contributed by atoms with Crippen molar-refractivity contribution < 1.29 is 14.6 Å². The third-order valence-corrected chi connectivity index (χ3v) is 9.78. The average molecular weight is 576 g/mol. The van der Waals surface area contributed by atoms with Crippen molar-refractivity contribution in [3.05, 3.63) is 130 Å². The number of phenolic OH excluding ortho intramolecular Hbond substituents is 1. The Morgan fingerprint density at radius 1 is 0.762 bits per heavy atom. The van der Waals surface area contributed by atoms with Crippen molar-refractivity contribution >= 4 is 22.7 Å². The topological polar surface area (TPSA) is 58.9 Å². The summed E-state index contributed by atoms with van der Waals surface area (Å²) in [6.45, 7) is 12.7. The molecule has 2 aliphatic heterocycles. The van der Waals surface area contributed by atoms with Gasteiger partial charge in [0.25, 0.3) is 5.91 Å². The molecule has 1 N–H and O–H groups in total. The number of hydrogen-bond donors (Lipinski definition) is 1. The van der Waals surface area contributed by atoms with Crippen molar-refractivity contribution in [2.75, 3.05) is 0 Å². The van der Waals surface area contributed by atoms with Gasteiger partial charge in [0.1, 0.15) is 22.6 Å². The normalized spacial score (nSPS) is 22.0. The number of ether oxygens (including phenoxy) is 1. The molecule has 0 bridgehead atoms. The molecule has 1 spiro atoms. The van der Waals surface area contributed by atoms with E-state index in [0.29, 0.717) is 10.8 Å². The summed E-state index contributed by atoms with van der Waals surface area (Å²) in [7, 11) is 0. The second-order valence-electron chi connectivity index (χ2n) is 13.3. The van der Waals surface area contributed by atoms with E-state index in [1.165, 1.54) is 11.8 Å². The number of carbonyl (C=O) groups excluding carboxylic acids is 1. The third-order valence-electron chi connectivity index (χ3n) is 8.30. The molecule has 0 aromatic heterocycles. The van der Waals surface area contributed by atoms with Gasteiger partial charge < -0.3 is 9.84 Å². The fourth-order valence-electron chi connectivity index (χ4n) is 6.22. The first kappa shape index (κ1) is 28.3. The molecule has 4 aromatic rings. The molecule has 0 saturated carbocycles. The molecule has 214 valence electrons. The quantitative estimate of drug-likeness (QED) is 0.265. The second-order valence-corrected chi connectivity index (χ2v) is 14.6. The van der Waals surface area contributed by atoms with Crippen LogP contribution in [0, 0.1) is 0 Å². The highest BCUT2D eigenvalue weighted by atomic mass is 32.2. The van der Waals surface area contributed by atoms with Gasteiger partial charge in [-0.2, -0.15) is 0 Å². The molecule has 3 atom stereocenters. The highest BCUT2D eigenvalue weighted by molar-refractivity contribution is 8.16. The van der Waals surface area contributed by atoms with Crippen molar-refractivity contribution in [3.63, 3.8) is 0 Å². The second kappa shape index (κ2) is 10.2. The molecule has 2 heterocycles. The van der Waals surface area contributed by atoms with Crippen molar-refractivity contribution in [2.45, 2.75) is 69.1 Å². The number of para-hydroxylation sites is 1. The number of rotatable bonds is 3. The highest BCUT2D eigenvalue weighted by Crippen LogP contribution is 2.61. The summed E-state index contributed by atoms with van der Waals surface area (Å²) in [4.78, 5) is 19.3. The highest BCUT2D eigenvalue weighted by Gasteiger charge is 2.62. The predicted molar refractivity (Wildman–Crippen MR) is 172 cm³/mol. The van der Waals surface area contributed by atoms with Crippen LogP contribution in [0.25, 0.3) is 0 Å². The summed E-state index contributed by atoms with van der Waals surface area (Å²) in [6, 6.07) is 32.2. The molecule has 5 heteroatoms. The average Bonchev–Trinajstić information content (AvgIpc) is 3.29. The number of aliphatic imine (C=N–C) groups is 1. The molecular weight excluding hydrogens is 538 g/mol. The molecule has 42 heavy (non-hydrogen) atoms. The van der Waals surface area contributed by atoms with E-state index in [0.717, 1.165) is 39.1 Å².